The molecule has 9 aromatic carbocycles. The van der Waals surface area contributed by atoms with E-state index in [9.17, 15) is 0 Å². The van der Waals surface area contributed by atoms with Gasteiger partial charge in [0, 0.05) is 55.2 Å². The van der Waals surface area contributed by atoms with E-state index < -0.39 is 0 Å². The molecule has 0 atom stereocenters. The minimum Gasteiger partial charge on any atom is -0.309 e. The molecular formula is C63H41N5. The van der Waals surface area contributed by atoms with Gasteiger partial charge >= 0.3 is 0 Å². The van der Waals surface area contributed by atoms with Gasteiger partial charge in [0.2, 0.25) is 0 Å². The van der Waals surface area contributed by atoms with Crippen LogP contribution in [0.25, 0.3) is 122 Å². The lowest BCUT2D eigenvalue weighted by Gasteiger charge is -2.13. The average Bonchev–Trinajstić information content (AvgIpc) is 3.99. The largest absolute Gasteiger partial charge is 0.309 e. The molecule has 0 unspecified atom stereocenters. The van der Waals surface area contributed by atoms with E-state index in [1.54, 1.807) is 0 Å². The van der Waals surface area contributed by atoms with Crippen molar-refractivity contribution in [1.82, 2.24) is 24.1 Å². The molecule has 0 fully saturated rings. The minimum absolute atomic E-state index is 0.674. The van der Waals surface area contributed by atoms with Gasteiger partial charge in [-0.15, -0.1) is 0 Å². The molecule has 0 amide bonds. The van der Waals surface area contributed by atoms with Crippen molar-refractivity contribution in [2.75, 3.05) is 0 Å². The Bertz CT molecular complexity index is 3920. The number of nitrogens with zero attached hydrogens (tertiary/aromatic N) is 5. The number of fused-ring (bicyclic) bond motifs is 6. The van der Waals surface area contributed by atoms with Crippen LogP contribution in [0.2, 0.25) is 0 Å². The Morgan fingerprint density at radius 3 is 1.43 bits per heavy atom. The highest BCUT2D eigenvalue weighted by atomic mass is 15.2. The van der Waals surface area contributed by atoms with E-state index in [0.717, 1.165) is 94.8 Å². The van der Waals surface area contributed by atoms with Gasteiger partial charge in [-0.3, -0.25) is 0 Å². The summed E-state index contributed by atoms with van der Waals surface area (Å²) >= 11 is 0. The Kier molecular flexibility index (Phi) is 9.43. The number of rotatable bonds is 8. The number of hydrogen-bond donors (Lipinski definition) is 0. The lowest BCUT2D eigenvalue weighted by atomic mass is 9.95. The van der Waals surface area contributed by atoms with Gasteiger partial charge in [0.15, 0.2) is 5.82 Å². The fraction of sp³-hybridized carbons (Fsp3) is 0. The van der Waals surface area contributed by atoms with Crippen LogP contribution in [0.1, 0.15) is 0 Å². The summed E-state index contributed by atoms with van der Waals surface area (Å²) in [5.41, 5.74) is 17.9. The maximum absolute atomic E-state index is 5.43. The summed E-state index contributed by atoms with van der Waals surface area (Å²) in [5.74, 6) is 0.674. The lowest BCUT2D eigenvalue weighted by Crippen LogP contribution is -1.97. The maximum Gasteiger partial charge on any atom is 0.160 e. The Labute approximate surface area is 393 Å². The lowest BCUT2D eigenvalue weighted by molar-refractivity contribution is 0.979. The van der Waals surface area contributed by atoms with Crippen molar-refractivity contribution in [3.63, 3.8) is 0 Å². The van der Waals surface area contributed by atoms with Crippen molar-refractivity contribution in [2.45, 2.75) is 0 Å². The zero-order valence-corrected chi connectivity index (χ0v) is 36.9. The van der Waals surface area contributed by atoms with Gasteiger partial charge in [-0.2, -0.15) is 5.10 Å². The van der Waals surface area contributed by atoms with Crippen molar-refractivity contribution in [3.8, 4) is 84.4 Å². The van der Waals surface area contributed by atoms with Gasteiger partial charge in [-0.05, 0) is 64.5 Å². The summed E-state index contributed by atoms with van der Waals surface area (Å²) in [6.07, 6.45) is 0. The third-order valence-electron chi connectivity index (χ3n) is 13.2. The fourth-order valence-corrected chi connectivity index (χ4v) is 9.88. The summed E-state index contributed by atoms with van der Waals surface area (Å²) in [4.78, 5) is 10.4. The Hall–Kier alpha value is -9.19. The van der Waals surface area contributed by atoms with Crippen LogP contribution in [0.4, 0.5) is 0 Å². The van der Waals surface area contributed by atoms with E-state index in [2.05, 4.69) is 252 Å². The van der Waals surface area contributed by atoms with Crippen molar-refractivity contribution in [1.29, 1.82) is 0 Å². The Balaban J connectivity index is 0.916. The summed E-state index contributed by atoms with van der Waals surface area (Å²) in [5, 5.41) is 10.2. The van der Waals surface area contributed by atoms with E-state index in [-0.39, 0.29) is 0 Å². The molecule has 0 N–H and O–H groups in total. The number of aromatic nitrogens is 5. The van der Waals surface area contributed by atoms with Gasteiger partial charge in [0.05, 0.1) is 33.6 Å². The Morgan fingerprint density at radius 2 is 0.809 bits per heavy atom. The predicted octanol–water partition coefficient (Wildman–Crippen LogP) is 16.0. The van der Waals surface area contributed by atoms with Crippen molar-refractivity contribution < 1.29 is 0 Å². The molecule has 0 aliphatic heterocycles. The van der Waals surface area contributed by atoms with Crippen molar-refractivity contribution >= 4 is 38.1 Å². The molecule has 68 heavy (non-hydrogen) atoms. The molecule has 0 saturated heterocycles. The SMILES string of the molecule is c1ccc(-c2cc(-c3ccc(-n4c5ccccc5c5ccccc54)cc3)nc(-c3ccc(-c4ccc5cc(-c6ccccc6)n6nc(-c7ccccc7)c(-c7ccccc7)c6c5c4)cc3)n2)cc1. The third kappa shape index (κ3) is 6.76. The van der Waals surface area contributed by atoms with E-state index in [0.29, 0.717) is 5.82 Å². The van der Waals surface area contributed by atoms with Crippen LogP contribution < -0.4 is 0 Å². The zero-order valence-electron chi connectivity index (χ0n) is 36.9. The van der Waals surface area contributed by atoms with Crippen molar-refractivity contribution in [3.05, 3.63) is 249 Å². The quantitative estimate of drug-likeness (QED) is 0.153. The molecule has 0 spiro atoms. The van der Waals surface area contributed by atoms with Gasteiger partial charge in [-0.25, -0.2) is 14.5 Å². The van der Waals surface area contributed by atoms with Crippen LogP contribution in [-0.4, -0.2) is 24.1 Å². The molecule has 4 aromatic heterocycles. The summed E-state index contributed by atoms with van der Waals surface area (Å²) in [7, 11) is 0. The highest BCUT2D eigenvalue weighted by molar-refractivity contribution is 6.10. The number of hydrogen-bond acceptors (Lipinski definition) is 3. The normalized spacial score (nSPS) is 11.5. The van der Waals surface area contributed by atoms with E-state index in [4.69, 9.17) is 15.1 Å². The molecule has 0 aliphatic rings. The first kappa shape index (κ1) is 39.2. The van der Waals surface area contributed by atoms with E-state index >= 15 is 0 Å². The van der Waals surface area contributed by atoms with Crippen LogP contribution in [0.5, 0.6) is 0 Å². The molecule has 0 saturated carbocycles. The molecule has 5 heteroatoms. The summed E-state index contributed by atoms with van der Waals surface area (Å²) in [6.45, 7) is 0. The van der Waals surface area contributed by atoms with Crippen LogP contribution >= 0.6 is 0 Å². The Morgan fingerprint density at radius 1 is 0.324 bits per heavy atom. The van der Waals surface area contributed by atoms with Crippen LogP contribution in [0.15, 0.2) is 249 Å². The van der Waals surface area contributed by atoms with Gasteiger partial charge in [0.1, 0.15) is 5.69 Å². The molecule has 4 heterocycles. The van der Waals surface area contributed by atoms with E-state index in [1.807, 2.05) is 6.07 Å². The smallest absolute Gasteiger partial charge is 0.160 e. The topological polar surface area (TPSA) is 48.0 Å². The summed E-state index contributed by atoms with van der Waals surface area (Å²) < 4.78 is 4.50. The van der Waals surface area contributed by atoms with Crippen LogP contribution in [-0.2, 0) is 0 Å². The van der Waals surface area contributed by atoms with Gasteiger partial charge < -0.3 is 4.57 Å². The molecule has 0 bridgehead atoms. The van der Waals surface area contributed by atoms with Gasteiger partial charge in [-0.1, -0.05) is 206 Å². The predicted molar refractivity (Wildman–Crippen MR) is 281 cm³/mol. The molecule has 0 aliphatic carbocycles. The second-order valence-corrected chi connectivity index (χ2v) is 17.2. The first-order valence-electron chi connectivity index (χ1n) is 23.0. The molecule has 13 aromatic rings. The third-order valence-corrected chi connectivity index (χ3v) is 13.2. The van der Waals surface area contributed by atoms with Crippen LogP contribution in [0, 0.1) is 0 Å². The zero-order chi connectivity index (χ0) is 45.0. The number of benzene rings is 9. The summed E-state index contributed by atoms with van der Waals surface area (Å²) in [6, 6.07) is 87.9. The second kappa shape index (κ2) is 16.4. The van der Waals surface area contributed by atoms with E-state index in [1.165, 1.54) is 21.8 Å². The monoisotopic (exact) mass is 867 g/mol. The highest BCUT2D eigenvalue weighted by Gasteiger charge is 2.22. The molecule has 0 radical (unpaired) electrons. The molecule has 13 rings (SSSR count). The highest BCUT2D eigenvalue weighted by Crippen LogP contribution is 2.42. The first-order valence-corrected chi connectivity index (χ1v) is 23.0. The van der Waals surface area contributed by atoms with Crippen LogP contribution in [0.3, 0.4) is 0 Å². The maximum atomic E-state index is 5.43. The average molecular weight is 868 g/mol. The fourth-order valence-electron chi connectivity index (χ4n) is 9.88. The molecular weight excluding hydrogens is 827 g/mol. The van der Waals surface area contributed by atoms with Gasteiger partial charge in [0.25, 0.3) is 0 Å². The number of para-hydroxylation sites is 2. The molecule has 5 nitrogen and oxygen atoms in total. The van der Waals surface area contributed by atoms with Crippen molar-refractivity contribution in [2.24, 2.45) is 0 Å². The second-order valence-electron chi connectivity index (χ2n) is 17.2. The number of pyridine rings is 1. The standard InChI is InChI=1S/C63H41N5/c1-5-17-43(18-6-1)55-41-56(44-35-37-51(38-36-44)67-57-27-15-13-25-52(57)53-26-14-16-28-58(53)67)65-63(64-55)48-31-29-42(30-32-48)49-33-34-50-40-59(45-19-7-2-8-20-45)68-62(54(50)39-49)60(46-21-9-3-10-22-46)61(66-68)47-23-11-4-12-24-47/h1-41H. The first-order chi connectivity index (χ1) is 33.7. The molecule has 318 valence electrons. The minimum atomic E-state index is 0.674.